The number of fused-ring (bicyclic) bond motifs is 1. The number of hydrogen-bond acceptors (Lipinski definition) is 2. The Labute approximate surface area is 110 Å². The maximum Gasteiger partial charge on any atom is 0.0481 e. The number of nitrogens with zero attached hydrogens (tertiary/aromatic N) is 1. The second kappa shape index (κ2) is 5.02. The van der Waals surface area contributed by atoms with E-state index in [1.165, 1.54) is 43.2 Å². The highest BCUT2D eigenvalue weighted by molar-refractivity contribution is 5.37. The summed E-state index contributed by atoms with van der Waals surface area (Å²) in [7, 11) is 4.43. The van der Waals surface area contributed by atoms with Crippen LogP contribution in [0.3, 0.4) is 0 Å². The molecule has 1 saturated carbocycles. The quantitative estimate of drug-likeness (QED) is 0.879. The molecule has 0 aliphatic heterocycles. The molecule has 0 spiro atoms. The minimum atomic E-state index is 0.506. The Morgan fingerprint density at radius 3 is 2.61 bits per heavy atom. The van der Waals surface area contributed by atoms with Gasteiger partial charge in [-0.25, -0.2) is 0 Å². The van der Waals surface area contributed by atoms with E-state index in [1.807, 2.05) is 0 Å². The van der Waals surface area contributed by atoms with Crippen molar-refractivity contribution in [2.75, 3.05) is 14.1 Å². The molecule has 0 heterocycles. The lowest BCUT2D eigenvalue weighted by atomic mass is 10.0. The maximum atomic E-state index is 3.53. The Balaban J connectivity index is 1.82. The Morgan fingerprint density at radius 1 is 1.17 bits per heavy atom. The van der Waals surface area contributed by atoms with Crippen LogP contribution in [0.5, 0.6) is 0 Å². The van der Waals surface area contributed by atoms with Crippen molar-refractivity contribution >= 4 is 0 Å². The van der Waals surface area contributed by atoms with Gasteiger partial charge in [-0.1, -0.05) is 37.1 Å². The van der Waals surface area contributed by atoms with Crippen LogP contribution in [0.2, 0.25) is 0 Å². The van der Waals surface area contributed by atoms with Gasteiger partial charge >= 0.3 is 0 Å². The molecule has 1 N–H and O–H groups in total. The smallest absolute Gasteiger partial charge is 0.0481 e. The van der Waals surface area contributed by atoms with Gasteiger partial charge < -0.3 is 5.32 Å². The highest BCUT2D eigenvalue weighted by Gasteiger charge is 2.36. The lowest BCUT2D eigenvalue weighted by molar-refractivity contribution is 0.151. The zero-order chi connectivity index (χ0) is 12.5. The minimum absolute atomic E-state index is 0.506. The van der Waals surface area contributed by atoms with E-state index in [2.05, 4.69) is 48.6 Å². The molecule has 3 rings (SSSR count). The van der Waals surface area contributed by atoms with E-state index in [9.17, 15) is 0 Å². The average Bonchev–Trinajstić information content (AvgIpc) is 3.04. The van der Waals surface area contributed by atoms with E-state index >= 15 is 0 Å². The molecule has 2 nitrogen and oxygen atoms in total. The normalized spacial score (nSPS) is 27.9. The minimum Gasteiger partial charge on any atom is -0.312 e. The second-order valence-electron chi connectivity index (χ2n) is 5.84. The van der Waals surface area contributed by atoms with Crippen LogP contribution in [-0.2, 0) is 6.42 Å². The standard InChI is InChI=1S/C16H24N2/c1-17-16-14-10-6-3-7-12(14)11-15(16)18(2)13-8-4-5-9-13/h3,6-7,10,13,15-17H,4-5,8-9,11H2,1-2H3. The molecule has 0 radical (unpaired) electrons. The van der Waals surface area contributed by atoms with Crippen LogP contribution in [0.4, 0.5) is 0 Å². The summed E-state index contributed by atoms with van der Waals surface area (Å²) in [6, 6.07) is 10.9. The predicted octanol–water partition coefficient (Wildman–Crippen LogP) is 2.75. The first-order chi connectivity index (χ1) is 8.81. The van der Waals surface area contributed by atoms with Crippen molar-refractivity contribution in [1.29, 1.82) is 0 Å². The number of rotatable bonds is 3. The lowest BCUT2D eigenvalue weighted by Gasteiger charge is -2.34. The molecule has 0 aromatic heterocycles. The molecule has 0 amide bonds. The van der Waals surface area contributed by atoms with Gasteiger partial charge in [-0.05, 0) is 44.5 Å². The van der Waals surface area contributed by atoms with Crippen LogP contribution in [0, 0.1) is 0 Å². The summed E-state index contributed by atoms with van der Waals surface area (Å²) >= 11 is 0. The molecule has 1 aromatic carbocycles. The first-order valence-corrected chi connectivity index (χ1v) is 7.28. The second-order valence-corrected chi connectivity index (χ2v) is 5.84. The summed E-state index contributed by atoms with van der Waals surface area (Å²) < 4.78 is 0. The third-order valence-electron chi connectivity index (χ3n) is 4.94. The van der Waals surface area contributed by atoms with E-state index in [0.717, 1.165) is 6.04 Å². The van der Waals surface area contributed by atoms with Crippen LogP contribution < -0.4 is 5.32 Å². The molecular weight excluding hydrogens is 220 g/mol. The molecule has 18 heavy (non-hydrogen) atoms. The van der Waals surface area contributed by atoms with E-state index in [4.69, 9.17) is 0 Å². The van der Waals surface area contributed by atoms with Crippen LogP contribution in [0.15, 0.2) is 24.3 Å². The Kier molecular flexibility index (Phi) is 3.40. The summed E-state index contributed by atoms with van der Waals surface area (Å²) in [6.07, 6.45) is 6.81. The van der Waals surface area contributed by atoms with Crippen molar-refractivity contribution in [1.82, 2.24) is 10.2 Å². The molecule has 2 atom stereocenters. The number of likely N-dealkylation sites (N-methyl/N-ethyl adjacent to an activating group) is 2. The molecular formula is C16H24N2. The van der Waals surface area contributed by atoms with Crippen molar-refractivity contribution in [3.63, 3.8) is 0 Å². The number of benzene rings is 1. The van der Waals surface area contributed by atoms with Crippen molar-refractivity contribution in [2.45, 2.75) is 50.2 Å². The van der Waals surface area contributed by atoms with E-state index in [1.54, 1.807) is 0 Å². The lowest BCUT2D eigenvalue weighted by Crippen LogP contribution is -2.44. The van der Waals surface area contributed by atoms with Crippen molar-refractivity contribution < 1.29 is 0 Å². The molecule has 1 aromatic rings. The number of nitrogens with one attached hydrogen (secondary N) is 1. The van der Waals surface area contributed by atoms with Gasteiger partial charge in [0.25, 0.3) is 0 Å². The molecule has 2 unspecified atom stereocenters. The van der Waals surface area contributed by atoms with Crippen LogP contribution in [0.1, 0.15) is 42.9 Å². The van der Waals surface area contributed by atoms with Crippen molar-refractivity contribution in [3.05, 3.63) is 35.4 Å². The van der Waals surface area contributed by atoms with Gasteiger partial charge in [0, 0.05) is 18.1 Å². The highest BCUT2D eigenvalue weighted by Crippen LogP contribution is 2.36. The summed E-state index contributed by atoms with van der Waals surface area (Å²) in [4.78, 5) is 2.65. The van der Waals surface area contributed by atoms with Gasteiger partial charge in [0.05, 0.1) is 0 Å². The van der Waals surface area contributed by atoms with E-state index < -0.39 is 0 Å². The van der Waals surface area contributed by atoms with Gasteiger partial charge in [0.15, 0.2) is 0 Å². The molecule has 98 valence electrons. The SMILES string of the molecule is CNC1c2ccccc2CC1N(C)C1CCCC1. The summed E-state index contributed by atoms with van der Waals surface area (Å²) in [5.41, 5.74) is 3.04. The fraction of sp³-hybridized carbons (Fsp3) is 0.625. The Bertz CT molecular complexity index is 409. The van der Waals surface area contributed by atoms with Gasteiger partial charge in [-0.2, -0.15) is 0 Å². The highest BCUT2D eigenvalue weighted by atomic mass is 15.2. The van der Waals surface area contributed by atoms with Gasteiger partial charge in [0.2, 0.25) is 0 Å². The van der Waals surface area contributed by atoms with Gasteiger partial charge in [-0.3, -0.25) is 4.90 Å². The van der Waals surface area contributed by atoms with E-state index in [0.29, 0.717) is 12.1 Å². The zero-order valence-electron chi connectivity index (χ0n) is 11.5. The Hall–Kier alpha value is -0.860. The summed E-state index contributed by atoms with van der Waals surface area (Å²) in [5.74, 6) is 0. The monoisotopic (exact) mass is 244 g/mol. The average molecular weight is 244 g/mol. The largest absolute Gasteiger partial charge is 0.312 e. The molecule has 1 fully saturated rings. The molecule has 0 saturated heterocycles. The molecule has 2 heteroatoms. The first kappa shape index (κ1) is 12.2. The fourth-order valence-electron chi connectivity index (χ4n) is 3.88. The summed E-state index contributed by atoms with van der Waals surface area (Å²) in [6.45, 7) is 0. The van der Waals surface area contributed by atoms with E-state index in [-0.39, 0.29) is 0 Å². The number of hydrogen-bond donors (Lipinski definition) is 1. The third kappa shape index (κ3) is 1.98. The Morgan fingerprint density at radius 2 is 1.89 bits per heavy atom. The fourth-order valence-corrected chi connectivity index (χ4v) is 3.88. The molecule has 2 aliphatic rings. The third-order valence-corrected chi connectivity index (χ3v) is 4.94. The van der Waals surface area contributed by atoms with Gasteiger partial charge in [0.1, 0.15) is 0 Å². The molecule has 2 aliphatic carbocycles. The van der Waals surface area contributed by atoms with Crippen molar-refractivity contribution in [3.8, 4) is 0 Å². The first-order valence-electron chi connectivity index (χ1n) is 7.28. The van der Waals surface area contributed by atoms with Crippen LogP contribution in [0.25, 0.3) is 0 Å². The van der Waals surface area contributed by atoms with Gasteiger partial charge in [-0.15, -0.1) is 0 Å². The van der Waals surface area contributed by atoms with Crippen molar-refractivity contribution in [2.24, 2.45) is 0 Å². The molecule has 0 bridgehead atoms. The topological polar surface area (TPSA) is 15.3 Å². The predicted molar refractivity (Wildman–Crippen MR) is 75.8 cm³/mol. The van der Waals surface area contributed by atoms with Crippen LogP contribution in [-0.4, -0.2) is 31.1 Å². The maximum absolute atomic E-state index is 3.53. The van der Waals surface area contributed by atoms with Crippen LogP contribution >= 0.6 is 0 Å². The summed E-state index contributed by atoms with van der Waals surface area (Å²) in [5, 5.41) is 3.53. The zero-order valence-corrected chi connectivity index (χ0v) is 11.5.